The van der Waals surface area contributed by atoms with Gasteiger partial charge in [-0.1, -0.05) is 18.2 Å². The largest absolute Gasteiger partial charge is 0.502 e. The van der Waals surface area contributed by atoms with Crippen LogP contribution in [0, 0.1) is 0 Å². The fourth-order valence-electron chi connectivity index (χ4n) is 2.63. The van der Waals surface area contributed by atoms with Gasteiger partial charge in [-0.3, -0.25) is 0 Å². The summed E-state index contributed by atoms with van der Waals surface area (Å²) in [5, 5.41) is 22.9. The molecule has 1 aromatic heterocycles. The average molecular weight is 380 g/mol. The Labute approximate surface area is 159 Å². The number of azo groups is 1. The molecule has 0 fully saturated rings. The van der Waals surface area contributed by atoms with Gasteiger partial charge in [0.15, 0.2) is 17.2 Å². The Kier molecular flexibility index (Phi) is 4.63. The van der Waals surface area contributed by atoms with E-state index in [9.17, 15) is 9.90 Å². The Morgan fingerprint density at radius 2 is 1.96 bits per heavy atom. The topological polar surface area (TPSA) is 108 Å². The summed E-state index contributed by atoms with van der Waals surface area (Å²) in [6.45, 7) is 1.98. The predicted octanol–water partition coefficient (Wildman–Crippen LogP) is 3.90. The van der Waals surface area contributed by atoms with Gasteiger partial charge in [0.1, 0.15) is 0 Å². The maximum Gasteiger partial charge on any atom is 0.362 e. The average Bonchev–Trinajstić information content (AvgIpc) is 3.31. The maximum absolute atomic E-state index is 12.1. The minimum atomic E-state index is -0.741. The molecule has 0 spiro atoms. The van der Waals surface area contributed by atoms with Gasteiger partial charge in [-0.2, -0.15) is 5.10 Å². The van der Waals surface area contributed by atoms with Gasteiger partial charge >= 0.3 is 5.97 Å². The normalized spacial score (nSPS) is 12.5. The van der Waals surface area contributed by atoms with Crippen molar-refractivity contribution in [3.05, 3.63) is 54.2 Å². The fourth-order valence-corrected chi connectivity index (χ4v) is 2.63. The van der Waals surface area contributed by atoms with Crippen LogP contribution in [0.15, 0.2) is 58.8 Å². The Morgan fingerprint density at radius 1 is 1.18 bits per heavy atom. The smallest absolute Gasteiger partial charge is 0.362 e. The van der Waals surface area contributed by atoms with Gasteiger partial charge in [-0.05, 0) is 31.2 Å². The molecule has 0 saturated carbocycles. The van der Waals surface area contributed by atoms with E-state index in [-0.39, 0.29) is 24.9 Å². The van der Waals surface area contributed by atoms with E-state index in [0.29, 0.717) is 22.9 Å². The summed E-state index contributed by atoms with van der Waals surface area (Å²) in [5.74, 6) is 0.0399. The van der Waals surface area contributed by atoms with Gasteiger partial charge in [-0.25, -0.2) is 9.48 Å². The number of nitrogens with zero attached hydrogens (tertiary/aromatic N) is 4. The van der Waals surface area contributed by atoms with Crippen LogP contribution in [-0.2, 0) is 4.74 Å². The highest BCUT2D eigenvalue weighted by Gasteiger charge is 2.25. The molecule has 142 valence electrons. The van der Waals surface area contributed by atoms with Crippen LogP contribution in [-0.4, -0.2) is 34.3 Å². The van der Waals surface area contributed by atoms with Crippen molar-refractivity contribution in [2.24, 2.45) is 10.2 Å². The van der Waals surface area contributed by atoms with Crippen molar-refractivity contribution in [1.29, 1.82) is 0 Å². The Hall–Kier alpha value is -3.88. The number of hydrogen-bond acceptors (Lipinski definition) is 8. The van der Waals surface area contributed by atoms with Crippen LogP contribution in [0.3, 0.4) is 0 Å². The van der Waals surface area contributed by atoms with Gasteiger partial charge in [-0.15, -0.1) is 10.2 Å². The van der Waals surface area contributed by atoms with E-state index in [0.717, 1.165) is 0 Å². The van der Waals surface area contributed by atoms with Crippen LogP contribution in [0.5, 0.6) is 17.2 Å². The Morgan fingerprint density at radius 3 is 2.75 bits per heavy atom. The summed E-state index contributed by atoms with van der Waals surface area (Å²) in [6, 6.07) is 14.1. The van der Waals surface area contributed by atoms with Crippen molar-refractivity contribution in [1.82, 2.24) is 9.78 Å². The number of ether oxygens (including phenoxy) is 3. The number of fused-ring (bicyclic) bond motifs is 1. The van der Waals surface area contributed by atoms with Crippen LogP contribution in [0.1, 0.15) is 17.4 Å². The SMILES string of the molecule is CCOC(=O)c1nn(-c2ccccc2)c(N=Nc2ccc3c(c2)OCO3)c1O. The van der Waals surface area contributed by atoms with Gasteiger partial charge in [0, 0.05) is 6.07 Å². The molecule has 1 aliphatic heterocycles. The summed E-state index contributed by atoms with van der Waals surface area (Å²) < 4.78 is 16.9. The van der Waals surface area contributed by atoms with Crippen molar-refractivity contribution in [3.63, 3.8) is 0 Å². The number of hydrogen-bond donors (Lipinski definition) is 1. The standard InChI is InChI=1S/C19H16N4O5/c1-2-26-19(25)16-17(24)18(23(22-16)13-6-4-3-5-7-13)21-20-12-8-9-14-15(10-12)28-11-27-14/h3-10,24H,2,11H2,1H3. The number of aromatic nitrogens is 2. The van der Waals surface area contributed by atoms with E-state index in [2.05, 4.69) is 15.3 Å². The highest BCUT2D eigenvalue weighted by molar-refractivity contribution is 5.92. The van der Waals surface area contributed by atoms with Crippen molar-refractivity contribution in [2.75, 3.05) is 13.4 Å². The minimum absolute atomic E-state index is 0.00641. The molecule has 0 aliphatic carbocycles. The number of aromatic hydroxyl groups is 1. The third kappa shape index (κ3) is 3.25. The Balaban J connectivity index is 1.75. The van der Waals surface area contributed by atoms with E-state index >= 15 is 0 Å². The van der Waals surface area contributed by atoms with Crippen LogP contribution in [0.4, 0.5) is 11.5 Å². The quantitative estimate of drug-likeness (QED) is 0.531. The molecule has 3 aromatic rings. The van der Waals surface area contributed by atoms with Gasteiger partial charge in [0.2, 0.25) is 18.3 Å². The zero-order valence-electron chi connectivity index (χ0n) is 14.9. The third-order valence-corrected chi connectivity index (χ3v) is 3.92. The molecular weight excluding hydrogens is 364 g/mol. The first kappa shape index (κ1) is 17.5. The number of esters is 1. The summed E-state index contributed by atoms with van der Waals surface area (Å²) in [5.41, 5.74) is 0.862. The van der Waals surface area contributed by atoms with Crippen LogP contribution < -0.4 is 9.47 Å². The minimum Gasteiger partial charge on any atom is -0.502 e. The molecule has 2 aromatic carbocycles. The molecule has 9 nitrogen and oxygen atoms in total. The number of para-hydroxylation sites is 1. The van der Waals surface area contributed by atoms with Crippen molar-refractivity contribution in [3.8, 4) is 22.9 Å². The predicted molar refractivity (Wildman–Crippen MR) is 97.9 cm³/mol. The Bertz CT molecular complexity index is 1050. The van der Waals surface area contributed by atoms with Crippen molar-refractivity contribution >= 4 is 17.5 Å². The molecule has 0 amide bonds. The van der Waals surface area contributed by atoms with E-state index in [1.807, 2.05) is 6.07 Å². The highest BCUT2D eigenvalue weighted by Crippen LogP contribution is 2.37. The lowest BCUT2D eigenvalue weighted by atomic mass is 10.3. The fraction of sp³-hybridized carbons (Fsp3) is 0.158. The zero-order chi connectivity index (χ0) is 19.5. The van der Waals surface area contributed by atoms with E-state index < -0.39 is 11.7 Å². The first-order valence-corrected chi connectivity index (χ1v) is 8.53. The zero-order valence-corrected chi connectivity index (χ0v) is 14.9. The second-order valence-corrected chi connectivity index (χ2v) is 5.73. The number of carbonyl (C=O) groups is 1. The summed E-state index contributed by atoms with van der Waals surface area (Å²) in [7, 11) is 0. The van der Waals surface area contributed by atoms with Gasteiger partial charge in [0.05, 0.1) is 18.0 Å². The second-order valence-electron chi connectivity index (χ2n) is 5.73. The lowest BCUT2D eigenvalue weighted by Gasteiger charge is -2.02. The molecule has 28 heavy (non-hydrogen) atoms. The van der Waals surface area contributed by atoms with Gasteiger partial charge in [0.25, 0.3) is 0 Å². The molecule has 0 atom stereocenters. The molecule has 0 bridgehead atoms. The van der Waals surface area contributed by atoms with Crippen LogP contribution >= 0.6 is 0 Å². The van der Waals surface area contributed by atoms with E-state index in [1.54, 1.807) is 49.4 Å². The number of carbonyl (C=O) groups excluding carboxylic acids is 1. The molecule has 9 heteroatoms. The lowest BCUT2D eigenvalue weighted by molar-refractivity contribution is 0.0515. The molecule has 1 N–H and O–H groups in total. The van der Waals surface area contributed by atoms with E-state index in [4.69, 9.17) is 14.2 Å². The monoisotopic (exact) mass is 380 g/mol. The second kappa shape index (κ2) is 7.39. The molecule has 0 saturated heterocycles. The molecule has 0 radical (unpaired) electrons. The molecule has 0 unspecified atom stereocenters. The molecule has 1 aliphatic rings. The van der Waals surface area contributed by atoms with Crippen molar-refractivity contribution < 1.29 is 24.1 Å². The third-order valence-electron chi connectivity index (χ3n) is 3.92. The first-order valence-electron chi connectivity index (χ1n) is 8.53. The van der Waals surface area contributed by atoms with Crippen LogP contribution in [0.25, 0.3) is 5.69 Å². The van der Waals surface area contributed by atoms with Crippen molar-refractivity contribution in [2.45, 2.75) is 6.92 Å². The number of benzene rings is 2. The van der Waals surface area contributed by atoms with E-state index in [1.165, 1.54) is 4.68 Å². The first-order chi connectivity index (χ1) is 13.7. The highest BCUT2D eigenvalue weighted by atomic mass is 16.7. The maximum atomic E-state index is 12.1. The number of rotatable bonds is 5. The van der Waals surface area contributed by atoms with Gasteiger partial charge < -0.3 is 19.3 Å². The summed E-state index contributed by atoms with van der Waals surface area (Å²) in [6.07, 6.45) is 0. The molecular formula is C19H16N4O5. The van der Waals surface area contributed by atoms with Crippen LogP contribution in [0.2, 0.25) is 0 Å². The lowest BCUT2D eigenvalue weighted by Crippen LogP contribution is -2.06. The summed E-state index contributed by atoms with van der Waals surface area (Å²) in [4.78, 5) is 12.1. The summed E-state index contributed by atoms with van der Waals surface area (Å²) >= 11 is 0. The molecule has 2 heterocycles. The molecule has 4 rings (SSSR count).